The van der Waals surface area contributed by atoms with E-state index in [0.717, 1.165) is 12.8 Å². The number of amides is 2. The topological polar surface area (TPSA) is 101 Å². The van der Waals surface area contributed by atoms with Crippen LogP contribution in [0.5, 0.6) is 0 Å². The van der Waals surface area contributed by atoms with Gasteiger partial charge in [-0.15, -0.1) is 0 Å². The van der Waals surface area contributed by atoms with Crippen LogP contribution in [0.1, 0.15) is 34.3 Å². The number of hydrogen-bond acceptors (Lipinski definition) is 4. The molecule has 0 unspecified atom stereocenters. The number of carbonyl (C=O) groups excluding carboxylic acids is 2. The van der Waals surface area contributed by atoms with E-state index in [1.807, 2.05) is 18.2 Å². The van der Waals surface area contributed by atoms with Crippen molar-refractivity contribution < 1.29 is 18.0 Å². The van der Waals surface area contributed by atoms with Gasteiger partial charge in [-0.2, -0.15) is 0 Å². The number of piperazine rings is 1. The summed E-state index contributed by atoms with van der Waals surface area (Å²) in [6.45, 7) is 3.55. The molecular weight excluding hydrogens is 402 g/mol. The number of aryl methyl sites for hydroxylation is 2. The van der Waals surface area contributed by atoms with Gasteiger partial charge < -0.3 is 9.80 Å². The van der Waals surface area contributed by atoms with E-state index in [0.29, 0.717) is 43.7 Å². The van der Waals surface area contributed by atoms with Crippen LogP contribution in [0.2, 0.25) is 0 Å². The van der Waals surface area contributed by atoms with E-state index >= 15 is 0 Å². The first-order valence-corrected chi connectivity index (χ1v) is 11.5. The highest BCUT2D eigenvalue weighted by atomic mass is 32.2. The Hall–Kier alpha value is -2.71. The van der Waals surface area contributed by atoms with E-state index in [1.54, 1.807) is 22.8 Å². The summed E-state index contributed by atoms with van der Waals surface area (Å²) in [6, 6.07) is 14.4. The van der Waals surface area contributed by atoms with Crippen molar-refractivity contribution in [1.82, 2.24) is 9.80 Å². The molecule has 1 aliphatic heterocycles. The lowest BCUT2D eigenvalue weighted by molar-refractivity contribution is -0.132. The lowest BCUT2D eigenvalue weighted by atomic mass is 10.1. The van der Waals surface area contributed by atoms with E-state index < -0.39 is 10.0 Å². The van der Waals surface area contributed by atoms with Gasteiger partial charge in [0.15, 0.2) is 0 Å². The van der Waals surface area contributed by atoms with Gasteiger partial charge in [-0.05, 0) is 43.0 Å². The maximum atomic E-state index is 12.9. The van der Waals surface area contributed by atoms with Crippen molar-refractivity contribution in [3.63, 3.8) is 0 Å². The first kappa shape index (κ1) is 22.0. The van der Waals surface area contributed by atoms with E-state index in [4.69, 9.17) is 5.14 Å². The third-order valence-electron chi connectivity index (χ3n) is 5.39. The van der Waals surface area contributed by atoms with Crippen molar-refractivity contribution in [3.05, 3.63) is 65.2 Å². The van der Waals surface area contributed by atoms with Crippen molar-refractivity contribution >= 4 is 21.8 Å². The van der Waals surface area contributed by atoms with Gasteiger partial charge in [0.25, 0.3) is 5.91 Å². The molecule has 1 heterocycles. The number of hydrogen-bond donors (Lipinski definition) is 1. The third-order valence-corrected chi connectivity index (χ3v) is 6.30. The van der Waals surface area contributed by atoms with Crippen molar-refractivity contribution in [2.45, 2.75) is 31.1 Å². The van der Waals surface area contributed by atoms with Gasteiger partial charge in [0.1, 0.15) is 0 Å². The molecule has 0 aliphatic carbocycles. The van der Waals surface area contributed by atoms with Crippen LogP contribution in [0.3, 0.4) is 0 Å². The Labute approximate surface area is 177 Å². The lowest BCUT2D eigenvalue weighted by Crippen LogP contribution is -2.50. The van der Waals surface area contributed by atoms with Crippen LogP contribution >= 0.6 is 0 Å². The van der Waals surface area contributed by atoms with Crippen LogP contribution in [0.25, 0.3) is 0 Å². The number of nitrogens with two attached hydrogens (primary N) is 1. The largest absolute Gasteiger partial charge is 0.339 e. The van der Waals surface area contributed by atoms with Crippen molar-refractivity contribution in [1.29, 1.82) is 0 Å². The van der Waals surface area contributed by atoms with Crippen LogP contribution in [0, 0.1) is 6.92 Å². The van der Waals surface area contributed by atoms with Crippen LogP contribution < -0.4 is 5.14 Å². The predicted octanol–water partition coefficient (Wildman–Crippen LogP) is 1.95. The zero-order valence-electron chi connectivity index (χ0n) is 17.1. The van der Waals surface area contributed by atoms with E-state index in [1.165, 1.54) is 17.7 Å². The Morgan fingerprint density at radius 1 is 0.967 bits per heavy atom. The zero-order valence-corrected chi connectivity index (χ0v) is 17.9. The molecule has 3 rings (SSSR count). The SMILES string of the molecule is Cc1ccc(S(N)(=O)=O)cc1C(=O)N1CCN(C(=O)CCCc2ccccc2)CC1. The van der Waals surface area contributed by atoms with E-state index in [-0.39, 0.29) is 16.7 Å². The molecule has 2 aromatic carbocycles. The normalized spacial score (nSPS) is 14.6. The van der Waals surface area contributed by atoms with Gasteiger partial charge in [-0.1, -0.05) is 36.4 Å². The summed E-state index contributed by atoms with van der Waals surface area (Å²) in [5, 5.41) is 5.19. The average molecular weight is 430 g/mol. The van der Waals surface area contributed by atoms with Crippen molar-refractivity contribution in [2.24, 2.45) is 5.14 Å². The highest BCUT2D eigenvalue weighted by Crippen LogP contribution is 2.18. The number of carbonyl (C=O) groups is 2. The molecule has 0 bridgehead atoms. The van der Waals surface area contributed by atoms with Crippen LogP contribution in [-0.4, -0.2) is 56.2 Å². The van der Waals surface area contributed by atoms with Gasteiger partial charge in [-0.25, -0.2) is 13.6 Å². The maximum Gasteiger partial charge on any atom is 0.254 e. The number of primary sulfonamides is 1. The average Bonchev–Trinajstić information content (AvgIpc) is 2.73. The molecule has 1 fully saturated rings. The molecule has 0 saturated carbocycles. The van der Waals surface area contributed by atoms with Crippen molar-refractivity contribution in [2.75, 3.05) is 26.2 Å². The highest BCUT2D eigenvalue weighted by Gasteiger charge is 2.26. The van der Waals surface area contributed by atoms with Crippen LogP contribution in [-0.2, 0) is 21.2 Å². The summed E-state index contributed by atoms with van der Waals surface area (Å²) in [4.78, 5) is 28.7. The minimum absolute atomic E-state index is 0.0799. The summed E-state index contributed by atoms with van der Waals surface area (Å²) in [5.74, 6) is -0.139. The Morgan fingerprint density at radius 2 is 1.60 bits per heavy atom. The second kappa shape index (κ2) is 9.40. The van der Waals surface area contributed by atoms with Crippen LogP contribution in [0.15, 0.2) is 53.4 Å². The smallest absolute Gasteiger partial charge is 0.254 e. The predicted molar refractivity (Wildman–Crippen MR) is 114 cm³/mol. The minimum Gasteiger partial charge on any atom is -0.339 e. The second-order valence-corrected chi connectivity index (χ2v) is 9.10. The molecule has 30 heavy (non-hydrogen) atoms. The molecule has 1 saturated heterocycles. The summed E-state index contributed by atoms with van der Waals surface area (Å²) in [7, 11) is -3.88. The first-order chi connectivity index (χ1) is 14.3. The summed E-state index contributed by atoms with van der Waals surface area (Å²) in [5.41, 5.74) is 2.23. The number of benzene rings is 2. The minimum atomic E-state index is -3.88. The Morgan fingerprint density at radius 3 is 2.23 bits per heavy atom. The molecular formula is C22H27N3O4S. The maximum absolute atomic E-state index is 12.9. The van der Waals surface area contributed by atoms with Gasteiger partial charge >= 0.3 is 0 Å². The quantitative estimate of drug-likeness (QED) is 0.758. The van der Waals surface area contributed by atoms with Gasteiger partial charge in [0.05, 0.1) is 4.90 Å². The molecule has 2 aromatic rings. The molecule has 0 radical (unpaired) electrons. The fraction of sp³-hybridized carbons (Fsp3) is 0.364. The number of nitrogens with zero attached hydrogens (tertiary/aromatic N) is 2. The van der Waals surface area contributed by atoms with Gasteiger partial charge in [-0.3, -0.25) is 9.59 Å². The molecule has 1 aliphatic rings. The van der Waals surface area contributed by atoms with Gasteiger partial charge in [0, 0.05) is 38.2 Å². The fourth-order valence-corrected chi connectivity index (χ4v) is 4.12. The van der Waals surface area contributed by atoms with Crippen molar-refractivity contribution in [3.8, 4) is 0 Å². The van der Waals surface area contributed by atoms with Gasteiger partial charge in [0.2, 0.25) is 15.9 Å². The monoisotopic (exact) mass is 429 g/mol. The molecule has 2 N–H and O–H groups in total. The lowest BCUT2D eigenvalue weighted by Gasteiger charge is -2.35. The molecule has 0 aromatic heterocycles. The molecule has 0 atom stereocenters. The third kappa shape index (κ3) is 5.46. The summed E-state index contributed by atoms with van der Waals surface area (Å²) in [6.07, 6.45) is 2.14. The number of rotatable bonds is 6. The first-order valence-electron chi connectivity index (χ1n) is 10.00. The Balaban J connectivity index is 1.54. The molecule has 0 spiro atoms. The number of sulfonamides is 1. The van der Waals surface area contributed by atoms with Crippen LogP contribution in [0.4, 0.5) is 0 Å². The molecule has 2 amide bonds. The Bertz CT molecular complexity index is 1010. The summed E-state index contributed by atoms with van der Waals surface area (Å²) >= 11 is 0. The molecule has 7 nitrogen and oxygen atoms in total. The molecule has 160 valence electrons. The standard InChI is InChI=1S/C22H27N3O4S/c1-17-10-11-19(30(23,28)29)16-20(17)22(27)25-14-12-24(13-15-25)21(26)9-5-8-18-6-3-2-4-7-18/h2-4,6-7,10-11,16H,5,8-9,12-15H2,1H3,(H2,23,28,29). The van der Waals surface area contributed by atoms with E-state index in [9.17, 15) is 18.0 Å². The zero-order chi connectivity index (χ0) is 21.7. The van der Waals surface area contributed by atoms with E-state index in [2.05, 4.69) is 12.1 Å². The Kier molecular flexibility index (Phi) is 6.89. The fourth-order valence-electron chi connectivity index (χ4n) is 3.58. The molecule has 8 heteroatoms. The highest BCUT2D eigenvalue weighted by molar-refractivity contribution is 7.89. The summed E-state index contributed by atoms with van der Waals surface area (Å²) < 4.78 is 23.2. The second-order valence-electron chi connectivity index (χ2n) is 7.53.